The van der Waals surface area contributed by atoms with Crippen LogP contribution in [-0.4, -0.2) is 45.5 Å². The maximum absolute atomic E-state index is 12.2. The minimum Gasteiger partial charge on any atom is -0.480 e. The summed E-state index contributed by atoms with van der Waals surface area (Å²) >= 11 is 0. The van der Waals surface area contributed by atoms with E-state index < -0.39 is 23.9 Å². The fourth-order valence-corrected chi connectivity index (χ4v) is 2.53. The molecule has 6 nitrogen and oxygen atoms in total. The number of amides is 1. The monoisotopic (exact) mass is 303 g/mol. The molecular formula is C16H17NO5. The molecule has 1 heterocycles. The van der Waals surface area contributed by atoms with E-state index in [-0.39, 0.29) is 12.0 Å². The Bertz CT molecular complexity index is 608. The largest absolute Gasteiger partial charge is 0.480 e. The SMILES string of the molecule is O=C(O)/C(=C\c1ccccc1)CC(=O)N1CCC[C@H]1C(=O)O. The van der Waals surface area contributed by atoms with Gasteiger partial charge in [-0.2, -0.15) is 0 Å². The van der Waals surface area contributed by atoms with Gasteiger partial charge in [0.15, 0.2) is 0 Å². The average molecular weight is 303 g/mol. The predicted molar refractivity (Wildman–Crippen MR) is 79.0 cm³/mol. The van der Waals surface area contributed by atoms with Crippen molar-refractivity contribution in [2.45, 2.75) is 25.3 Å². The lowest BCUT2D eigenvalue weighted by Crippen LogP contribution is -2.40. The van der Waals surface area contributed by atoms with Crippen molar-refractivity contribution in [2.75, 3.05) is 6.54 Å². The second-order valence-electron chi connectivity index (χ2n) is 5.15. The minimum absolute atomic E-state index is 0.0489. The van der Waals surface area contributed by atoms with Gasteiger partial charge >= 0.3 is 11.9 Å². The molecule has 116 valence electrons. The van der Waals surface area contributed by atoms with E-state index in [2.05, 4.69) is 0 Å². The van der Waals surface area contributed by atoms with Crippen LogP contribution in [0.25, 0.3) is 6.08 Å². The van der Waals surface area contributed by atoms with Crippen molar-refractivity contribution in [3.05, 3.63) is 41.5 Å². The van der Waals surface area contributed by atoms with Crippen LogP contribution >= 0.6 is 0 Å². The molecule has 0 aliphatic carbocycles. The van der Waals surface area contributed by atoms with Crippen LogP contribution in [0.15, 0.2) is 35.9 Å². The lowest BCUT2D eigenvalue weighted by Gasteiger charge is -2.21. The molecule has 1 atom stereocenters. The predicted octanol–water partition coefficient (Wildman–Crippen LogP) is 1.62. The van der Waals surface area contributed by atoms with Gasteiger partial charge in [-0.3, -0.25) is 4.79 Å². The van der Waals surface area contributed by atoms with Crippen molar-refractivity contribution < 1.29 is 24.6 Å². The number of nitrogens with zero attached hydrogens (tertiary/aromatic N) is 1. The number of carbonyl (C=O) groups is 3. The Morgan fingerprint density at radius 2 is 1.86 bits per heavy atom. The van der Waals surface area contributed by atoms with Crippen LogP contribution < -0.4 is 0 Å². The molecule has 1 aromatic carbocycles. The zero-order chi connectivity index (χ0) is 16.1. The molecule has 0 spiro atoms. The highest BCUT2D eigenvalue weighted by atomic mass is 16.4. The van der Waals surface area contributed by atoms with Crippen LogP contribution in [-0.2, 0) is 14.4 Å². The van der Waals surface area contributed by atoms with Gasteiger partial charge in [-0.25, -0.2) is 9.59 Å². The van der Waals surface area contributed by atoms with Gasteiger partial charge in [0.2, 0.25) is 5.91 Å². The molecule has 22 heavy (non-hydrogen) atoms. The molecule has 1 aliphatic rings. The fourth-order valence-electron chi connectivity index (χ4n) is 2.53. The molecule has 0 saturated carbocycles. The fraction of sp³-hybridized carbons (Fsp3) is 0.312. The second kappa shape index (κ2) is 6.89. The van der Waals surface area contributed by atoms with Crippen molar-refractivity contribution in [3.63, 3.8) is 0 Å². The normalized spacial score (nSPS) is 18.3. The zero-order valence-corrected chi connectivity index (χ0v) is 11.9. The minimum atomic E-state index is -1.18. The summed E-state index contributed by atoms with van der Waals surface area (Å²) in [6.07, 6.45) is 2.15. The van der Waals surface area contributed by atoms with Crippen LogP contribution in [0, 0.1) is 0 Å². The Morgan fingerprint density at radius 1 is 1.18 bits per heavy atom. The van der Waals surface area contributed by atoms with E-state index in [1.54, 1.807) is 24.3 Å². The molecule has 0 aromatic heterocycles. The van der Waals surface area contributed by atoms with Gasteiger partial charge in [0, 0.05) is 12.1 Å². The van der Waals surface area contributed by atoms with Crippen LogP contribution in [0.3, 0.4) is 0 Å². The van der Waals surface area contributed by atoms with Gasteiger partial charge < -0.3 is 15.1 Å². The molecule has 1 aliphatic heterocycles. The van der Waals surface area contributed by atoms with Crippen LogP contribution in [0.2, 0.25) is 0 Å². The number of carbonyl (C=O) groups excluding carboxylic acids is 1. The number of aliphatic carboxylic acids is 2. The molecule has 1 amide bonds. The Hall–Kier alpha value is -2.63. The Balaban J connectivity index is 2.15. The van der Waals surface area contributed by atoms with E-state index in [0.29, 0.717) is 24.9 Å². The number of likely N-dealkylation sites (tertiary alicyclic amines) is 1. The summed E-state index contributed by atoms with van der Waals surface area (Å²) in [6.45, 7) is 0.355. The third kappa shape index (κ3) is 3.72. The van der Waals surface area contributed by atoms with Crippen molar-refractivity contribution in [1.82, 2.24) is 4.90 Å². The van der Waals surface area contributed by atoms with Crippen molar-refractivity contribution in [1.29, 1.82) is 0 Å². The van der Waals surface area contributed by atoms with Gasteiger partial charge in [0.1, 0.15) is 6.04 Å². The van der Waals surface area contributed by atoms with Crippen molar-refractivity contribution in [2.24, 2.45) is 0 Å². The standard InChI is InChI=1S/C16H17NO5/c18-14(17-8-4-7-13(17)16(21)22)10-12(15(19)20)9-11-5-2-1-3-6-11/h1-3,5-6,9,13H,4,7-8,10H2,(H,19,20)(H,21,22)/b12-9-/t13-/m0/s1. The summed E-state index contributed by atoms with van der Waals surface area (Å²) in [7, 11) is 0. The molecule has 2 N–H and O–H groups in total. The number of rotatable bonds is 5. The first-order valence-electron chi connectivity index (χ1n) is 7.00. The topological polar surface area (TPSA) is 94.9 Å². The van der Waals surface area contributed by atoms with E-state index in [1.807, 2.05) is 6.07 Å². The molecule has 0 unspecified atom stereocenters. The third-order valence-electron chi connectivity index (χ3n) is 3.62. The van der Waals surface area contributed by atoms with Crippen LogP contribution in [0.5, 0.6) is 0 Å². The van der Waals surface area contributed by atoms with Crippen LogP contribution in [0.1, 0.15) is 24.8 Å². The lowest BCUT2D eigenvalue weighted by molar-refractivity contribution is -0.148. The third-order valence-corrected chi connectivity index (χ3v) is 3.62. The summed E-state index contributed by atoms with van der Waals surface area (Å²) in [5, 5.41) is 18.3. The highest BCUT2D eigenvalue weighted by molar-refractivity contribution is 5.99. The Morgan fingerprint density at radius 3 is 2.45 bits per heavy atom. The maximum Gasteiger partial charge on any atom is 0.332 e. The number of hydrogen-bond acceptors (Lipinski definition) is 3. The van der Waals surface area contributed by atoms with Gasteiger partial charge in [-0.15, -0.1) is 0 Å². The first kappa shape index (κ1) is 15.8. The van der Waals surface area contributed by atoms with E-state index >= 15 is 0 Å². The molecule has 1 aromatic rings. The van der Waals surface area contributed by atoms with Crippen molar-refractivity contribution in [3.8, 4) is 0 Å². The highest BCUT2D eigenvalue weighted by Crippen LogP contribution is 2.20. The molecule has 1 saturated heterocycles. The van der Waals surface area contributed by atoms with Gasteiger partial charge in [0.25, 0.3) is 0 Å². The first-order valence-corrected chi connectivity index (χ1v) is 7.00. The highest BCUT2D eigenvalue weighted by Gasteiger charge is 2.34. The molecule has 1 fully saturated rings. The molecule has 6 heteroatoms. The van der Waals surface area contributed by atoms with E-state index in [0.717, 1.165) is 0 Å². The quantitative estimate of drug-likeness (QED) is 0.806. The molecule has 0 bridgehead atoms. The van der Waals surface area contributed by atoms with Gasteiger partial charge in [0.05, 0.1) is 6.42 Å². The number of benzene rings is 1. The molecular weight excluding hydrogens is 286 g/mol. The first-order chi connectivity index (χ1) is 10.5. The number of hydrogen-bond donors (Lipinski definition) is 2. The van der Waals surface area contributed by atoms with Crippen molar-refractivity contribution >= 4 is 23.9 Å². The Labute approximate surface area is 127 Å². The van der Waals surface area contributed by atoms with E-state index in [9.17, 15) is 19.5 Å². The zero-order valence-electron chi connectivity index (χ0n) is 11.9. The van der Waals surface area contributed by atoms with Crippen LogP contribution in [0.4, 0.5) is 0 Å². The maximum atomic E-state index is 12.2. The lowest BCUT2D eigenvalue weighted by atomic mass is 10.1. The smallest absolute Gasteiger partial charge is 0.332 e. The summed E-state index contributed by atoms with van der Waals surface area (Å²) in [5.41, 5.74) is 0.635. The second-order valence-corrected chi connectivity index (χ2v) is 5.15. The summed E-state index contributed by atoms with van der Waals surface area (Å²) in [6, 6.07) is 7.98. The van der Waals surface area contributed by atoms with Gasteiger partial charge in [-0.1, -0.05) is 30.3 Å². The Kier molecular flexibility index (Phi) is 4.93. The molecule has 0 radical (unpaired) electrons. The van der Waals surface area contributed by atoms with Gasteiger partial charge in [-0.05, 0) is 24.5 Å². The molecule has 2 rings (SSSR count). The number of carboxylic acid groups (broad SMARTS) is 2. The average Bonchev–Trinajstić information content (AvgIpc) is 2.97. The van der Waals surface area contributed by atoms with E-state index in [1.165, 1.54) is 11.0 Å². The summed E-state index contributed by atoms with van der Waals surface area (Å²) in [5.74, 6) is -2.69. The van der Waals surface area contributed by atoms with E-state index in [4.69, 9.17) is 5.11 Å². The summed E-state index contributed by atoms with van der Waals surface area (Å²) in [4.78, 5) is 35.9. The summed E-state index contributed by atoms with van der Waals surface area (Å²) < 4.78 is 0. The number of carboxylic acids is 2.